The summed E-state index contributed by atoms with van der Waals surface area (Å²) in [7, 11) is 0. The number of rotatable bonds is 13. The summed E-state index contributed by atoms with van der Waals surface area (Å²) < 4.78 is 28.1. The second-order valence-corrected chi connectivity index (χ2v) is 11.0. The predicted molar refractivity (Wildman–Crippen MR) is 170 cm³/mol. The maximum atomic E-state index is 13.6. The van der Waals surface area contributed by atoms with Crippen LogP contribution in [0.15, 0.2) is 127 Å². The average Bonchev–Trinajstić information content (AvgIpc) is 3.44. The fourth-order valence-electron chi connectivity index (χ4n) is 5.43. The number of hydrogen-bond acceptors (Lipinski definition) is 5. The molecule has 0 saturated carbocycles. The summed E-state index contributed by atoms with van der Waals surface area (Å²) in [5.74, 6) is 2.06. The minimum atomic E-state index is -0.272. The van der Waals surface area contributed by atoms with Gasteiger partial charge < -0.3 is 19.4 Å². The zero-order valence-corrected chi connectivity index (χ0v) is 25.1. The van der Waals surface area contributed by atoms with Gasteiger partial charge in [-0.15, -0.1) is 0 Å². The highest BCUT2D eigenvalue weighted by molar-refractivity contribution is 5.78. The van der Waals surface area contributed by atoms with Gasteiger partial charge in [-0.2, -0.15) is 0 Å². The normalized spacial score (nSPS) is 17.9. The maximum Gasteiger partial charge on any atom is 0.234 e. The van der Waals surface area contributed by atoms with Gasteiger partial charge in [-0.1, -0.05) is 67.3 Å². The summed E-state index contributed by atoms with van der Waals surface area (Å²) in [4.78, 5) is 19.0. The Bertz CT molecular complexity index is 1570. The molecule has 0 bridgehead atoms. The van der Waals surface area contributed by atoms with E-state index in [1.165, 1.54) is 13.0 Å². The van der Waals surface area contributed by atoms with Crippen molar-refractivity contribution in [2.45, 2.75) is 51.9 Å². The highest BCUT2D eigenvalue weighted by Gasteiger charge is 2.28. The van der Waals surface area contributed by atoms with Crippen LogP contribution < -0.4 is 10.1 Å². The number of benzene rings is 2. The summed E-state index contributed by atoms with van der Waals surface area (Å²) in [5.41, 5.74) is 3.94. The zero-order valence-electron chi connectivity index (χ0n) is 25.1. The van der Waals surface area contributed by atoms with Gasteiger partial charge in [-0.3, -0.25) is 9.69 Å². The summed E-state index contributed by atoms with van der Waals surface area (Å²) in [5, 5.41) is 3.03. The molecule has 228 valence electrons. The second kappa shape index (κ2) is 15.2. The number of halogens is 1. The number of carbonyl (C=O) groups excluding carboxylic acids is 1. The van der Waals surface area contributed by atoms with Crippen LogP contribution in [0, 0.1) is 0 Å². The van der Waals surface area contributed by atoms with Crippen molar-refractivity contribution in [2.75, 3.05) is 13.1 Å². The minimum Gasteiger partial charge on any atom is -0.485 e. The second-order valence-electron chi connectivity index (χ2n) is 11.0. The molecule has 3 aromatic rings. The molecule has 8 heteroatoms. The molecule has 0 spiro atoms. The van der Waals surface area contributed by atoms with Crippen LogP contribution in [0.5, 0.6) is 5.75 Å². The topological polar surface area (TPSA) is 68.6 Å². The van der Waals surface area contributed by atoms with Crippen LogP contribution in [-0.4, -0.2) is 39.5 Å². The zero-order chi connectivity index (χ0) is 30.7. The van der Waals surface area contributed by atoms with E-state index in [-0.39, 0.29) is 24.3 Å². The number of nitrogens with zero attached hydrogens (tertiary/aromatic N) is 3. The summed E-state index contributed by atoms with van der Waals surface area (Å²) >= 11 is 0. The van der Waals surface area contributed by atoms with E-state index in [2.05, 4.69) is 40.0 Å². The number of imidazole rings is 1. The largest absolute Gasteiger partial charge is 0.485 e. The van der Waals surface area contributed by atoms with Crippen molar-refractivity contribution in [2.24, 2.45) is 0 Å². The Balaban J connectivity index is 1.27. The molecule has 5 rings (SSSR count). The monoisotopic (exact) mass is 594 g/mol. The number of allylic oxidation sites excluding steroid dienone is 8. The lowest BCUT2D eigenvalue weighted by Gasteiger charge is -2.35. The van der Waals surface area contributed by atoms with Gasteiger partial charge in [0.2, 0.25) is 5.91 Å². The predicted octanol–water partition coefficient (Wildman–Crippen LogP) is 6.57. The SMILES string of the molecule is C=C/C=C(\C=C(/C)F)Cn1cncc1CN1CC(=O)NCC1Cc1cccc(OC2=C(OCc3ccccc3)C=CCC2)c1. The van der Waals surface area contributed by atoms with Crippen molar-refractivity contribution in [1.29, 1.82) is 0 Å². The molecule has 1 unspecified atom stereocenters. The number of hydrogen-bond donors (Lipinski definition) is 1. The molecule has 2 aromatic carbocycles. The molecule has 1 aromatic heterocycles. The van der Waals surface area contributed by atoms with E-state index in [1.807, 2.05) is 53.1 Å². The first kappa shape index (κ1) is 30.8. The highest BCUT2D eigenvalue weighted by Crippen LogP contribution is 2.27. The highest BCUT2D eigenvalue weighted by atomic mass is 19.1. The molecule has 1 N–H and O–H groups in total. The van der Waals surface area contributed by atoms with Crippen LogP contribution in [0.3, 0.4) is 0 Å². The van der Waals surface area contributed by atoms with Crippen molar-refractivity contribution < 1.29 is 18.7 Å². The average molecular weight is 595 g/mol. The van der Waals surface area contributed by atoms with Crippen molar-refractivity contribution in [3.8, 4) is 5.75 Å². The van der Waals surface area contributed by atoms with Crippen molar-refractivity contribution in [1.82, 2.24) is 19.8 Å². The third-order valence-electron chi connectivity index (χ3n) is 7.56. The molecule has 1 fully saturated rings. The number of amides is 1. The summed E-state index contributed by atoms with van der Waals surface area (Å²) in [6.07, 6.45) is 15.0. The van der Waals surface area contributed by atoms with E-state index in [0.29, 0.717) is 26.2 Å². The van der Waals surface area contributed by atoms with Gasteiger partial charge in [0.1, 0.15) is 18.1 Å². The minimum absolute atomic E-state index is 0.00653. The Morgan fingerprint density at radius 1 is 1.18 bits per heavy atom. The van der Waals surface area contributed by atoms with Gasteiger partial charge in [-0.25, -0.2) is 9.37 Å². The lowest BCUT2D eigenvalue weighted by atomic mass is 10.0. The number of ether oxygens (including phenoxy) is 2. The van der Waals surface area contributed by atoms with Crippen molar-refractivity contribution >= 4 is 5.91 Å². The molecule has 1 atom stereocenters. The molecule has 0 radical (unpaired) electrons. The lowest BCUT2D eigenvalue weighted by molar-refractivity contribution is -0.125. The van der Waals surface area contributed by atoms with Gasteiger partial charge in [0.15, 0.2) is 5.76 Å². The molecular weight excluding hydrogens is 555 g/mol. The molecule has 2 heterocycles. The van der Waals surface area contributed by atoms with E-state index in [0.717, 1.165) is 58.9 Å². The number of nitrogens with one attached hydrogen (secondary N) is 1. The standard InChI is InChI=1S/C36H39FN4O3/c1-3-10-30(17-27(2)37)22-41-26-38-20-32(41)23-40-24-36(42)39-21-31(40)18-29-13-9-14-33(19-29)44-35-16-8-7-15-34(35)43-25-28-11-5-4-6-12-28/h3-7,9-15,17,19-20,26,31H,1,8,16,18,21-25H2,2H3,(H,39,42)/b27-17+,30-10+. The number of carbonyl (C=O) groups is 1. The summed E-state index contributed by atoms with van der Waals surface area (Å²) in [6, 6.07) is 18.3. The summed E-state index contributed by atoms with van der Waals surface area (Å²) in [6.45, 7) is 7.46. The lowest BCUT2D eigenvalue weighted by Crippen LogP contribution is -2.54. The van der Waals surface area contributed by atoms with E-state index >= 15 is 0 Å². The van der Waals surface area contributed by atoms with Crippen LogP contribution in [0.2, 0.25) is 0 Å². The Hall–Kier alpha value is -4.69. The molecule has 2 aliphatic rings. The van der Waals surface area contributed by atoms with E-state index in [4.69, 9.17) is 9.47 Å². The number of piperazine rings is 1. The molecule has 1 aliphatic carbocycles. The maximum absolute atomic E-state index is 13.6. The molecule has 44 heavy (non-hydrogen) atoms. The van der Waals surface area contributed by atoms with Gasteiger partial charge in [0.05, 0.1) is 24.4 Å². The van der Waals surface area contributed by atoms with Gasteiger partial charge in [0, 0.05) is 38.3 Å². The van der Waals surface area contributed by atoms with E-state index in [1.54, 1.807) is 24.7 Å². The third-order valence-corrected chi connectivity index (χ3v) is 7.56. The van der Waals surface area contributed by atoms with E-state index in [9.17, 15) is 9.18 Å². The van der Waals surface area contributed by atoms with Crippen molar-refractivity contribution in [3.05, 3.63) is 144 Å². The first-order chi connectivity index (χ1) is 21.5. The first-order valence-electron chi connectivity index (χ1n) is 14.9. The van der Waals surface area contributed by atoms with Gasteiger partial charge in [-0.05, 0) is 60.8 Å². The van der Waals surface area contributed by atoms with Crippen LogP contribution >= 0.6 is 0 Å². The van der Waals surface area contributed by atoms with Gasteiger partial charge >= 0.3 is 0 Å². The van der Waals surface area contributed by atoms with Crippen LogP contribution in [0.25, 0.3) is 0 Å². The fraction of sp³-hybridized carbons (Fsp3) is 0.278. The first-order valence-corrected chi connectivity index (χ1v) is 14.9. The fourth-order valence-corrected chi connectivity index (χ4v) is 5.43. The molecular formula is C36H39FN4O3. The van der Waals surface area contributed by atoms with E-state index < -0.39 is 0 Å². The van der Waals surface area contributed by atoms with Crippen molar-refractivity contribution in [3.63, 3.8) is 0 Å². The smallest absolute Gasteiger partial charge is 0.234 e. The van der Waals surface area contributed by atoms with Crippen LogP contribution in [0.4, 0.5) is 4.39 Å². The molecule has 1 saturated heterocycles. The van der Waals surface area contributed by atoms with Gasteiger partial charge in [0.25, 0.3) is 0 Å². The Morgan fingerprint density at radius 2 is 2.02 bits per heavy atom. The van der Waals surface area contributed by atoms with Crippen LogP contribution in [-0.2, 0) is 35.6 Å². The van der Waals surface area contributed by atoms with Crippen LogP contribution in [0.1, 0.15) is 36.6 Å². The quantitative estimate of drug-likeness (QED) is 0.227. The Labute approximate surface area is 258 Å². The third kappa shape index (κ3) is 8.67. The molecule has 1 aliphatic heterocycles. The Kier molecular flexibility index (Phi) is 10.6. The Morgan fingerprint density at radius 3 is 2.84 bits per heavy atom. The molecule has 1 amide bonds. The molecule has 7 nitrogen and oxygen atoms in total. The number of aromatic nitrogens is 2.